The molecule has 0 radical (unpaired) electrons. The number of nitrogens with one attached hydrogen (secondary N) is 1. The van der Waals surface area contributed by atoms with Gasteiger partial charge in [-0.2, -0.15) is 0 Å². The van der Waals surface area contributed by atoms with Crippen molar-refractivity contribution in [2.75, 3.05) is 39.6 Å². The molecule has 23 heavy (non-hydrogen) atoms. The SMILES string of the molecule is COc1cc(NCC2CCCC2CN(C)C)c2ncccc2c1. The van der Waals surface area contributed by atoms with Crippen molar-refractivity contribution in [3.63, 3.8) is 0 Å². The van der Waals surface area contributed by atoms with Gasteiger partial charge in [0.25, 0.3) is 0 Å². The number of nitrogens with zero attached hydrogens (tertiary/aromatic N) is 2. The fraction of sp³-hybridized carbons (Fsp3) is 0.526. The molecule has 0 saturated heterocycles. The van der Waals surface area contributed by atoms with Crippen LogP contribution in [0.1, 0.15) is 19.3 Å². The van der Waals surface area contributed by atoms with E-state index in [0.717, 1.165) is 40.7 Å². The molecule has 3 rings (SSSR count). The first-order chi connectivity index (χ1) is 11.2. The lowest BCUT2D eigenvalue weighted by molar-refractivity contribution is 0.281. The fourth-order valence-corrected chi connectivity index (χ4v) is 3.75. The third-order valence-electron chi connectivity index (χ3n) is 4.88. The number of fused-ring (bicyclic) bond motifs is 1. The Kier molecular flexibility index (Phi) is 5.01. The predicted octanol–water partition coefficient (Wildman–Crippen LogP) is 3.63. The summed E-state index contributed by atoms with van der Waals surface area (Å²) in [6.45, 7) is 2.20. The number of benzene rings is 1. The summed E-state index contributed by atoms with van der Waals surface area (Å²) in [5, 5.41) is 4.76. The van der Waals surface area contributed by atoms with E-state index in [4.69, 9.17) is 4.74 Å². The van der Waals surface area contributed by atoms with Crippen LogP contribution in [0.4, 0.5) is 5.69 Å². The fourth-order valence-electron chi connectivity index (χ4n) is 3.75. The van der Waals surface area contributed by atoms with Gasteiger partial charge in [-0.15, -0.1) is 0 Å². The molecular weight excluding hydrogens is 286 g/mol. The summed E-state index contributed by atoms with van der Waals surface area (Å²) in [6.07, 6.45) is 5.87. The van der Waals surface area contributed by atoms with Gasteiger partial charge in [0.15, 0.2) is 0 Å². The molecule has 2 atom stereocenters. The molecule has 4 heteroatoms. The smallest absolute Gasteiger partial charge is 0.121 e. The van der Waals surface area contributed by atoms with Crippen molar-refractivity contribution in [1.29, 1.82) is 0 Å². The monoisotopic (exact) mass is 313 g/mol. The van der Waals surface area contributed by atoms with Crippen LogP contribution in [0, 0.1) is 11.8 Å². The van der Waals surface area contributed by atoms with Crippen molar-refractivity contribution in [3.8, 4) is 5.75 Å². The first kappa shape index (κ1) is 16.1. The Balaban J connectivity index is 1.76. The molecular formula is C19H27N3O. The highest BCUT2D eigenvalue weighted by Crippen LogP contribution is 2.33. The van der Waals surface area contributed by atoms with E-state index in [0.29, 0.717) is 0 Å². The lowest BCUT2D eigenvalue weighted by Gasteiger charge is -2.24. The topological polar surface area (TPSA) is 37.4 Å². The van der Waals surface area contributed by atoms with Gasteiger partial charge in [-0.3, -0.25) is 4.98 Å². The summed E-state index contributed by atoms with van der Waals surface area (Å²) in [5.74, 6) is 2.41. The molecule has 0 aliphatic heterocycles. The molecule has 0 amide bonds. The second-order valence-electron chi connectivity index (χ2n) is 6.84. The first-order valence-corrected chi connectivity index (χ1v) is 8.48. The second kappa shape index (κ2) is 7.18. The maximum absolute atomic E-state index is 5.43. The van der Waals surface area contributed by atoms with Crippen LogP contribution in [0.5, 0.6) is 5.75 Å². The molecule has 0 bridgehead atoms. The first-order valence-electron chi connectivity index (χ1n) is 8.48. The number of pyridine rings is 1. The number of rotatable bonds is 6. The largest absolute Gasteiger partial charge is 0.497 e. The molecule has 1 aromatic carbocycles. The normalized spacial score (nSPS) is 21.0. The minimum absolute atomic E-state index is 0.738. The lowest BCUT2D eigenvalue weighted by atomic mass is 9.95. The van der Waals surface area contributed by atoms with Crippen LogP contribution >= 0.6 is 0 Å². The van der Waals surface area contributed by atoms with Crippen molar-refractivity contribution >= 4 is 16.6 Å². The van der Waals surface area contributed by atoms with Crippen LogP contribution in [0.3, 0.4) is 0 Å². The minimum atomic E-state index is 0.738. The predicted molar refractivity (Wildman–Crippen MR) is 96.2 cm³/mol. The van der Waals surface area contributed by atoms with Crippen molar-refractivity contribution in [3.05, 3.63) is 30.5 Å². The maximum atomic E-state index is 5.43. The molecule has 1 aliphatic rings. The minimum Gasteiger partial charge on any atom is -0.497 e. The van der Waals surface area contributed by atoms with E-state index in [2.05, 4.69) is 41.4 Å². The Bertz CT molecular complexity index is 656. The van der Waals surface area contributed by atoms with E-state index in [1.807, 2.05) is 18.3 Å². The number of methoxy groups -OCH3 is 1. The van der Waals surface area contributed by atoms with Gasteiger partial charge < -0.3 is 15.0 Å². The summed E-state index contributed by atoms with van der Waals surface area (Å²) in [6, 6.07) is 8.15. The summed E-state index contributed by atoms with van der Waals surface area (Å²) in [5.41, 5.74) is 2.10. The van der Waals surface area contributed by atoms with Gasteiger partial charge in [0.2, 0.25) is 0 Å². The third-order valence-corrected chi connectivity index (χ3v) is 4.88. The number of hydrogen-bond donors (Lipinski definition) is 1. The summed E-state index contributed by atoms with van der Waals surface area (Å²) in [4.78, 5) is 6.85. The number of aromatic nitrogens is 1. The standard InChI is InChI=1S/C19H27N3O/c1-22(2)13-16-7-4-6-15(16)12-21-18-11-17(23-3)10-14-8-5-9-20-19(14)18/h5,8-11,15-16,21H,4,6-7,12-13H2,1-3H3. The third kappa shape index (κ3) is 3.75. The van der Waals surface area contributed by atoms with E-state index < -0.39 is 0 Å². The average Bonchev–Trinajstić information content (AvgIpc) is 2.98. The van der Waals surface area contributed by atoms with Gasteiger partial charge in [-0.25, -0.2) is 0 Å². The van der Waals surface area contributed by atoms with Crippen LogP contribution < -0.4 is 10.1 Å². The van der Waals surface area contributed by atoms with E-state index in [1.54, 1.807) is 7.11 Å². The Labute approximate surface area is 138 Å². The van der Waals surface area contributed by atoms with Crippen molar-refractivity contribution in [2.24, 2.45) is 11.8 Å². The molecule has 4 nitrogen and oxygen atoms in total. The molecule has 1 fully saturated rings. The highest BCUT2D eigenvalue weighted by atomic mass is 16.5. The lowest BCUT2D eigenvalue weighted by Crippen LogP contribution is -2.28. The van der Waals surface area contributed by atoms with E-state index in [1.165, 1.54) is 25.8 Å². The molecule has 1 saturated carbocycles. The highest BCUT2D eigenvalue weighted by Gasteiger charge is 2.27. The zero-order valence-corrected chi connectivity index (χ0v) is 14.4. The van der Waals surface area contributed by atoms with Crippen LogP contribution in [0.2, 0.25) is 0 Å². The van der Waals surface area contributed by atoms with Gasteiger partial charge in [-0.05, 0) is 50.9 Å². The zero-order valence-electron chi connectivity index (χ0n) is 14.4. The van der Waals surface area contributed by atoms with Crippen LogP contribution in [0.25, 0.3) is 10.9 Å². The van der Waals surface area contributed by atoms with Crippen LogP contribution in [-0.2, 0) is 0 Å². The molecule has 2 aromatic rings. The van der Waals surface area contributed by atoms with Gasteiger partial charge in [0.05, 0.1) is 18.3 Å². The van der Waals surface area contributed by atoms with Crippen molar-refractivity contribution in [1.82, 2.24) is 9.88 Å². The van der Waals surface area contributed by atoms with Gasteiger partial charge in [0, 0.05) is 30.7 Å². The van der Waals surface area contributed by atoms with Gasteiger partial charge in [0.1, 0.15) is 5.75 Å². The van der Waals surface area contributed by atoms with Gasteiger partial charge >= 0.3 is 0 Å². The van der Waals surface area contributed by atoms with Gasteiger partial charge in [-0.1, -0.05) is 12.5 Å². The molecule has 1 N–H and O–H groups in total. The summed E-state index contributed by atoms with van der Waals surface area (Å²) < 4.78 is 5.43. The summed E-state index contributed by atoms with van der Waals surface area (Å²) in [7, 11) is 6.05. The number of ether oxygens (including phenoxy) is 1. The molecule has 1 aliphatic carbocycles. The van der Waals surface area contributed by atoms with Crippen LogP contribution in [0.15, 0.2) is 30.5 Å². The quantitative estimate of drug-likeness (QED) is 0.883. The second-order valence-corrected chi connectivity index (χ2v) is 6.84. The Morgan fingerprint density at radius 2 is 2.09 bits per heavy atom. The Morgan fingerprint density at radius 1 is 1.26 bits per heavy atom. The number of hydrogen-bond acceptors (Lipinski definition) is 4. The molecule has 2 unspecified atom stereocenters. The Hall–Kier alpha value is -1.81. The highest BCUT2D eigenvalue weighted by molar-refractivity contribution is 5.91. The number of anilines is 1. The Morgan fingerprint density at radius 3 is 2.87 bits per heavy atom. The summed E-state index contributed by atoms with van der Waals surface area (Å²) >= 11 is 0. The molecule has 0 spiro atoms. The molecule has 124 valence electrons. The van der Waals surface area contributed by atoms with E-state index in [-0.39, 0.29) is 0 Å². The van der Waals surface area contributed by atoms with Crippen LogP contribution in [-0.4, -0.2) is 44.2 Å². The van der Waals surface area contributed by atoms with Crippen molar-refractivity contribution in [2.45, 2.75) is 19.3 Å². The van der Waals surface area contributed by atoms with E-state index >= 15 is 0 Å². The zero-order chi connectivity index (χ0) is 16.2. The molecule has 1 heterocycles. The van der Waals surface area contributed by atoms with E-state index in [9.17, 15) is 0 Å². The maximum Gasteiger partial charge on any atom is 0.121 e. The molecule has 1 aromatic heterocycles. The van der Waals surface area contributed by atoms with Crippen molar-refractivity contribution < 1.29 is 4.74 Å². The average molecular weight is 313 g/mol.